The van der Waals surface area contributed by atoms with E-state index in [9.17, 15) is 4.39 Å². The van der Waals surface area contributed by atoms with Crippen molar-refractivity contribution in [1.29, 1.82) is 0 Å². The predicted octanol–water partition coefficient (Wildman–Crippen LogP) is 1.35. The van der Waals surface area contributed by atoms with Gasteiger partial charge in [0.1, 0.15) is 5.82 Å². The first-order chi connectivity index (χ1) is 11.2. The third kappa shape index (κ3) is 4.42. The summed E-state index contributed by atoms with van der Waals surface area (Å²) in [5.41, 5.74) is 0.891. The number of morpholine rings is 1. The number of hydrogen-bond donors (Lipinski definition) is 2. The molecule has 2 aliphatic rings. The van der Waals surface area contributed by atoms with Crippen LogP contribution in [0.2, 0.25) is 0 Å². The molecule has 2 heterocycles. The van der Waals surface area contributed by atoms with Crippen molar-refractivity contribution in [3.05, 3.63) is 35.6 Å². The first-order valence-corrected chi connectivity index (χ1v) is 8.29. The van der Waals surface area contributed by atoms with E-state index in [0.29, 0.717) is 18.5 Å². The van der Waals surface area contributed by atoms with Crippen LogP contribution in [-0.4, -0.2) is 56.3 Å². The summed E-state index contributed by atoms with van der Waals surface area (Å²) in [4.78, 5) is 6.73. The Morgan fingerprint density at radius 2 is 2.35 bits per heavy atom. The van der Waals surface area contributed by atoms with E-state index in [2.05, 4.69) is 20.5 Å². The molecule has 0 amide bonds. The molecule has 5 nitrogen and oxygen atoms in total. The molecular formula is C17H25FN4O. The number of nitrogens with zero attached hydrogens (tertiary/aromatic N) is 2. The van der Waals surface area contributed by atoms with Gasteiger partial charge < -0.3 is 15.4 Å². The lowest BCUT2D eigenvalue weighted by atomic mass is 10.2. The molecule has 2 atom stereocenters. The molecule has 0 spiro atoms. The lowest BCUT2D eigenvalue weighted by Crippen LogP contribution is -2.51. The minimum atomic E-state index is -0.219. The fourth-order valence-electron chi connectivity index (χ4n) is 3.27. The first kappa shape index (κ1) is 16.2. The lowest BCUT2D eigenvalue weighted by Gasteiger charge is -2.35. The fourth-order valence-corrected chi connectivity index (χ4v) is 3.27. The van der Waals surface area contributed by atoms with Gasteiger partial charge in [0.15, 0.2) is 5.96 Å². The van der Waals surface area contributed by atoms with Crippen LogP contribution in [0.3, 0.4) is 0 Å². The van der Waals surface area contributed by atoms with Crippen molar-refractivity contribution in [3.63, 3.8) is 0 Å². The minimum Gasteiger partial charge on any atom is -0.373 e. The Kier molecular flexibility index (Phi) is 5.46. The van der Waals surface area contributed by atoms with Gasteiger partial charge in [0.2, 0.25) is 0 Å². The monoisotopic (exact) mass is 320 g/mol. The lowest BCUT2D eigenvalue weighted by molar-refractivity contribution is -0.0453. The van der Waals surface area contributed by atoms with E-state index >= 15 is 0 Å². The third-order valence-corrected chi connectivity index (χ3v) is 4.53. The normalized spacial score (nSPS) is 25.2. The summed E-state index contributed by atoms with van der Waals surface area (Å²) >= 11 is 0. The summed E-state index contributed by atoms with van der Waals surface area (Å²) in [6, 6.07) is 7.20. The zero-order valence-corrected chi connectivity index (χ0v) is 13.6. The van der Waals surface area contributed by atoms with Crippen molar-refractivity contribution in [2.45, 2.75) is 31.5 Å². The van der Waals surface area contributed by atoms with Gasteiger partial charge in [-0.25, -0.2) is 4.39 Å². The van der Waals surface area contributed by atoms with E-state index in [1.807, 2.05) is 6.07 Å². The van der Waals surface area contributed by atoms with Crippen molar-refractivity contribution in [2.24, 2.45) is 4.99 Å². The number of guanidine groups is 1. The highest BCUT2D eigenvalue weighted by molar-refractivity contribution is 5.79. The molecule has 23 heavy (non-hydrogen) atoms. The average Bonchev–Trinajstić information content (AvgIpc) is 3.03. The first-order valence-electron chi connectivity index (χ1n) is 8.29. The van der Waals surface area contributed by atoms with Crippen LogP contribution in [0.25, 0.3) is 0 Å². The number of aliphatic imine (C=N–C) groups is 1. The molecule has 2 aliphatic heterocycles. The number of fused-ring (bicyclic) bond motifs is 1. The highest BCUT2D eigenvalue weighted by atomic mass is 19.1. The van der Waals surface area contributed by atoms with Gasteiger partial charge in [0, 0.05) is 32.7 Å². The molecule has 126 valence electrons. The molecular weight excluding hydrogens is 295 g/mol. The largest absolute Gasteiger partial charge is 0.373 e. The maximum Gasteiger partial charge on any atom is 0.191 e. The van der Waals surface area contributed by atoms with Crippen LogP contribution < -0.4 is 10.6 Å². The summed E-state index contributed by atoms with van der Waals surface area (Å²) in [5, 5.41) is 6.50. The maximum absolute atomic E-state index is 13.2. The van der Waals surface area contributed by atoms with Crippen LogP contribution in [0.4, 0.5) is 4.39 Å². The molecule has 3 rings (SSSR count). The second-order valence-electron chi connectivity index (χ2n) is 6.18. The number of ether oxygens (including phenoxy) is 1. The Bertz CT molecular complexity index is 551. The number of benzene rings is 1. The number of nitrogens with one attached hydrogen (secondary N) is 2. The zero-order chi connectivity index (χ0) is 16.1. The molecule has 2 N–H and O–H groups in total. The van der Waals surface area contributed by atoms with Gasteiger partial charge in [-0.1, -0.05) is 12.1 Å². The van der Waals surface area contributed by atoms with Crippen molar-refractivity contribution < 1.29 is 9.13 Å². The van der Waals surface area contributed by atoms with Gasteiger partial charge in [-0.2, -0.15) is 0 Å². The van der Waals surface area contributed by atoms with E-state index in [1.165, 1.54) is 31.5 Å². The van der Waals surface area contributed by atoms with Crippen molar-refractivity contribution in [1.82, 2.24) is 15.5 Å². The van der Waals surface area contributed by atoms with Crippen LogP contribution in [0.1, 0.15) is 18.4 Å². The van der Waals surface area contributed by atoms with Gasteiger partial charge >= 0.3 is 0 Å². The second-order valence-corrected chi connectivity index (χ2v) is 6.18. The highest BCUT2D eigenvalue weighted by Gasteiger charge is 2.32. The van der Waals surface area contributed by atoms with Gasteiger partial charge in [-0.05, 0) is 37.1 Å². The average molecular weight is 320 g/mol. The standard InChI is InChI=1S/C17H25FN4O/c1-19-17(20-9-13-4-2-5-14(18)8-13)21-10-16-11-22-7-3-6-15(22)12-23-16/h2,4-5,8,15-16H,3,6-7,9-12H2,1H3,(H2,19,20,21). The van der Waals surface area contributed by atoms with Crippen molar-refractivity contribution in [2.75, 3.05) is 33.3 Å². The Hall–Kier alpha value is -1.66. The molecule has 0 saturated carbocycles. The minimum absolute atomic E-state index is 0.192. The van der Waals surface area contributed by atoms with Crippen LogP contribution >= 0.6 is 0 Å². The molecule has 1 aromatic carbocycles. The summed E-state index contributed by atoms with van der Waals surface area (Å²) in [5.74, 6) is 0.490. The Labute approximate surface area is 136 Å². The number of halogens is 1. The van der Waals surface area contributed by atoms with Crippen LogP contribution in [0.5, 0.6) is 0 Å². The topological polar surface area (TPSA) is 48.9 Å². The van der Waals surface area contributed by atoms with E-state index < -0.39 is 0 Å². The fraction of sp³-hybridized carbons (Fsp3) is 0.588. The van der Waals surface area contributed by atoms with Crippen molar-refractivity contribution >= 4 is 5.96 Å². The second kappa shape index (κ2) is 7.75. The van der Waals surface area contributed by atoms with Crippen LogP contribution in [0, 0.1) is 5.82 Å². The smallest absolute Gasteiger partial charge is 0.191 e. The third-order valence-electron chi connectivity index (χ3n) is 4.53. The summed E-state index contributed by atoms with van der Waals surface area (Å²) < 4.78 is 19.1. The highest BCUT2D eigenvalue weighted by Crippen LogP contribution is 2.22. The van der Waals surface area contributed by atoms with Gasteiger partial charge in [0.05, 0.1) is 12.7 Å². The molecule has 0 bridgehead atoms. The number of rotatable bonds is 4. The Morgan fingerprint density at radius 3 is 3.17 bits per heavy atom. The van der Waals surface area contributed by atoms with Gasteiger partial charge in [-0.15, -0.1) is 0 Å². The summed E-state index contributed by atoms with van der Waals surface area (Å²) in [7, 11) is 1.74. The molecule has 0 aromatic heterocycles. The molecule has 0 radical (unpaired) electrons. The molecule has 2 unspecified atom stereocenters. The predicted molar refractivity (Wildman–Crippen MR) is 88.9 cm³/mol. The molecule has 6 heteroatoms. The van der Waals surface area contributed by atoms with E-state index in [0.717, 1.165) is 25.3 Å². The zero-order valence-electron chi connectivity index (χ0n) is 13.6. The Balaban J connectivity index is 1.43. The summed E-state index contributed by atoms with van der Waals surface area (Å²) in [6.07, 6.45) is 2.74. The van der Waals surface area contributed by atoms with Crippen molar-refractivity contribution in [3.8, 4) is 0 Å². The quantitative estimate of drug-likeness (QED) is 0.650. The molecule has 1 aromatic rings. The van der Waals surface area contributed by atoms with E-state index in [1.54, 1.807) is 13.1 Å². The van der Waals surface area contributed by atoms with Gasteiger partial charge in [-0.3, -0.25) is 9.89 Å². The molecule has 2 fully saturated rings. The van der Waals surface area contributed by atoms with Crippen LogP contribution in [-0.2, 0) is 11.3 Å². The van der Waals surface area contributed by atoms with E-state index in [-0.39, 0.29) is 11.9 Å². The maximum atomic E-state index is 13.2. The van der Waals surface area contributed by atoms with Gasteiger partial charge in [0.25, 0.3) is 0 Å². The summed E-state index contributed by atoms with van der Waals surface area (Å²) in [6.45, 7) is 4.28. The van der Waals surface area contributed by atoms with E-state index in [4.69, 9.17) is 4.74 Å². The Morgan fingerprint density at radius 1 is 1.43 bits per heavy atom. The molecule has 2 saturated heterocycles. The SMILES string of the molecule is CN=C(NCc1cccc(F)c1)NCC1CN2CCCC2CO1. The molecule has 0 aliphatic carbocycles. The van der Waals surface area contributed by atoms with Crippen LogP contribution in [0.15, 0.2) is 29.3 Å². The number of hydrogen-bond acceptors (Lipinski definition) is 3.